The van der Waals surface area contributed by atoms with Gasteiger partial charge in [-0.3, -0.25) is 0 Å². The number of carbonyl (C=O) groups is 2. The van der Waals surface area contributed by atoms with E-state index in [4.69, 9.17) is 9.47 Å². The van der Waals surface area contributed by atoms with Gasteiger partial charge in [-0.15, -0.1) is 0 Å². The van der Waals surface area contributed by atoms with Crippen molar-refractivity contribution in [3.05, 3.63) is 260 Å². The topological polar surface area (TPSA) is 62.3 Å². The quantitative estimate of drug-likeness (QED) is 0.0576. The van der Waals surface area contributed by atoms with Crippen LogP contribution in [0.3, 0.4) is 0 Å². The van der Waals surface area contributed by atoms with Gasteiger partial charge in [0.1, 0.15) is 11.5 Å². The van der Waals surface area contributed by atoms with E-state index >= 15 is 0 Å². The second-order valence-electron chi connectivity index (χ2n) is 17.5. The highest BCUT2D eigenvalue weighted by atomic mass is 16.5. The fourth-order valence-corrected chi connectivity index (χ4v) is 8.48. The molecule has 0 aliphatic rings. The Kier molecular flexibility index (Phi) is 13.9. The number of para-hydroxylation sites is 4. The molecule has 9 aromatic carbocycles. The average Bonchev–Trinajstić information content (AvgIpc) is 3.39. The fraction of sp³-hybridized carbons (Fsp3) is 0.0625. The molecule has 0 heterocycles. The minimum atomic E-state index is -0.452. The van der Waals surface area contributed by atoms with E-state index in [9.17, 15) is 9.59 Å². The molecule has 0 N–H and O–H groups in total. The van der Waals surface area contributed by atoms with Gasteiger partial charge in [-0.25, -0.2) is 9.59 Å². The summed E-state index contributed by atoms with van der Waals surface area (Å²) in [5.41, 5.74) is 15.1. The number of esters is 2. The third-order valence-corrected chi connectivity index (χ3v) is 12.1. The molecule has 0 spiro atoms. The number of nitrogens with zero attached hydrogens (tertiary/aromatic N) is 3. The van der Waals surface area contributed by atoms with Crippen molar-refractivity contribution in [1.29, 1.82) is 0 Å². The molecule has 71 heavy (non-hydrogen) atoms. The monoisotopic (exact) mass is 927 g/mol. The highest BCUT2D eigenvalue weighted by molar-refractivity contribution is 5.91. The van der Waals surface area contributed by atoms with Crippen LogP contribution >= 0.6 is 0 Å². The van der Waals surface area contributed by atoms with Gasteiger partial charge in [0.25, 0.3) is 0 Å². The predicted molar refractivity (Wildman–Crippen MR) is 292 cm³/mol. The number of anilines is 9. The fourth-order valence-electron chi connectivity index (χ4n) is 8.48. The van der Waals surface area contributed by atoms with Crippen molar-refractivity contribution in [3.8, 4) is 33.8 Å². The van der Waals surface area contributed by atoms with Crippen molar-refractivity contribution >= 4 is 63.1 Å². The van der Waals surface area contributed by atoms with Gasteiger partial charge in [-0.05, 0) is 176 Å². The van der Waals surface area contributed by atoms with Gasteiger partial charge in [0.2, 0.25) is 0 Å². The van der Waals surface area contributed by atoms with Crippen molar-refractivity contribution in [1.82, 2.24) is 0 Å². The number of aryl methyl sites for hydroxylation is 2. The molecule has 7 heteroatoms. The molecule has 9 aromatic rings. The number of hydrogen-bond donors (Lipinski definition) is 0. The van der Waals surface area contributed by atoms with Crippen molar-refractivity contribution < 1.29 is 19.1 Å². The normalized spacial score (nSPS) is 10.8. The number of ether oxygens (including phenoxy) is 2. The zero-order chi connectivity index (χ0) is 49.4. The second kappa shape index (κ2) is 21.0. The molecular formula is C64H53N3O4. The first kappa shape index (κ1) is 46.9. The molecule has 0 bridgehead atoms. The van der Waals surface area contributed by atoms with Crippen molar-refractivity contribution in [2.24, 2.45) is 0 Å². The molecule has 0 radical (unpaired) electrons. The standard InChI is InChI=1S/C64H53N3O4/c1-44(2)63(68)70-61-37-31-50(39-46(61)5)48-27-33-56(34-28-48)67(57-35-29-49(30-36-57)51-32-38-62(47(6)40-51)71-64(69)45(3)4)60-42-58(65(52-19-11-7-12-20-52)53-21-13-8-14-22-53)41-59(43-60)66(54-23-15-9-16-24-54)55-25-17-10-18-26-55/h7-43H,1,3H2,2,4-6H3. The summed E-state index contributed by atoms with van der Waals surface area (Å²) in [5.74, 6) is 0.0974. The minimum Gasteiger partial charge on any atom is -0.423 e. The van der Waals surface area contributed by atoms with Gasteiger partial charge in [-0.1, -0.05) is 122 Å². The number of benzene rings is 9. The summed E-state index contributed by atoms with van der Waals surface area (Å²) >= 11 is 0. The number of hydrogen-bond acceptors (Lipinski definition) is 7. The lowest BCUT2D eigenvalue weighted by molar-refractivity contribution is -0.131. The van der Waals surface area contributed by atoms with E-state index in [0.717, 1.165) is 84.6 Å². The van der Waals surface area contributed by atoms with Gasteiger partial charge < -0.3 is 24.2 Å². The molecule has 0 aliphatic heterocycles. The molecule has 9 rings (SSSR count). The van der Waals surface area contributed by atoms with E-state index in [1.54, 1.807) is 13.8 Å². The Hall–Kier alpha value is -9.20. The number of carbonyl (C=O) groups excluding carboxylic acids is 2. The maximum absolute atomic E-state index is 12.4. The average molecular weight is 928 g/mol. The van der Waals surface area contributed by atoms with Crippen LogP contribution in [-0.2, 0) is 9.59 Å². The molecular weight excluding hydrogens is 875 g/mol. The molecule has 0 saturated carbocycles. The maximum Gasteiger partial charge on any atom is 0.338 e. The Labute approximate surface area is 416 Å². The number of rotatable bonds is 15. The van der Waals surface area contributed by atoms with Crippen molar-refractivity contribution in [3.63, 3.8) is 0 Å². The summed E-state index contributed by atoms with van der Waals surface area (Å²) in [6.45, 7) is 14.6. The third kappa shape index (κ3) is 10.6. The maximum atomic E-state index is 12.4. The molecule has 0 unspecified atom stereocenters. The third-order valence-electron chi connectivity index (χ3n) is 12.1. The SMILES string of the molecule is C=C(C)C(=O)Oc1ccc(-c2ccc(N(c3ccc(-c4ccc(OC(=O)C(=C)C)c(C)c4)cc3)c3cc(N(c4ccccc4)c4ccccc4)cc(N(c4ccccc4)c4ccccc4)c3)cc2)cc1C. The Morgan fingerprint density at radius 3 is 0.831 bits per heavy atom. The zero-order valence-electron chi connectivity index (χ0n) is 40.3. The van der Waals surface area contributed by atoms with Gasteiger partial charge in [0.05, 0.1) is 17.1 Å². The summed E-state index contributed by atoms with van der Waals surface area (Å²) in [6, 6.07) is 77.3. The van der Waals surface area contributed by atoms with Crippen LogP contribution in [0.5, 0.6) is 11.5 Å². The summed E-state index contributed by atoms with van der Waals surface area (Å²) < 4.78 is 11.2. The van der Waals surface area contributed by atoms with Gasteiger partial charge in [0.15, 0.2) is 0 Å². The van der Waals surface area contributed by atoms with Crippen LogP contribution in [0.1, 0.15) is 25.0 Å². The van der Waals surface area contributed by atoms with Crippen LogP contribution in [0.25, 0.3) is 22.3 Å². The van der Waals surface area contributed by atoms with Crippen LogP contribution in [0.4, 0.5) is 51.2 Å². The van der Waals surface area contributed by atoms with E-state index in [1.165, 1.54) is 0 Å². The molecule has 0 aliphatic carbocycles. The lowest BCUT2D eigenvalue weighted by atomic mass is 10.0. The van der Waals surface area contributed by atoms with Crippen LogP contribution in [0, 0.1) is 13.8 Å². The Balaban J connectivity index is 1.22. The predicted octanol–water partition coefficient (Wildman–Crippen LogP) is 17.0. The molecule has 0 aromatic heterocycles. The summed E-state index contributed by atoms with van der Waals surface area (Å²) in [5, 5.41) is 0. The Morgan fingerprint density at radius 1 is 0.324 bits per heavy atom. The lowest BCUT2D eigenvalue weighted by Crippen LogP contribution is -2.16. The molecule has 0 amide bonds. The van der Waals surface area contributed by atoms with Gasteiger partial charge >= 0.3 is 11.9 Å². The largest absolute Gasteiger partial charge is 0.423 e. The zero-order valence-corrected chi connectivity index (χ0v) is 40.3. The highest BCUT2D eigenvalue weighted by Gasteiger charge is 2.23. The molecule has 0 fully saturated rings. The summed E-state index contributed by atoms with van der Waals surface area (Å²) in [7, 11) is 0. The Bertz CT molecular complexity index is 3050. The van der Waals surface area contributed by atoms with E-state index < -0.39 is 11.9 Å². The van der Waals surface area contributed by atoms with E-state index in [-0.39, 0.29) is 0 Å². The second-order valence-corrected chi connectivity index (χ2v) is 17.5. The molecule has 348 valence electrons. The van der Waals surface area contributed by atoms with Crippen LogP contribution in [0.2, 0.25) is 0 Å². The Morgan fingerprint density at radius 2 is 0.577 bits per heavy atom. The smallest absolute Gasteiger partial charge is 0.338 e. The van der Waals surface area contributed by atoms with Crippen molar-refractivity contribution in [2.45, 2.75) is 27.7 Å². The van der Waals surface area contributed by atoms with E-state index in [0.29, 0.717) is 22.6 Å². The minimum absolute atomic E-state index is 0.342. The first-order valence-electron chi connectivity index (χ1n) is 23.4. The van der Waals surface area contributed by atoms with Gasteiger partial charge in [-0.2, -0.15) is 0 Å². The van der Waals surface area contributed by atoms with E-state index in [2.05, 4.69) is 192 Å². The van der Waals surface area contributed by atoms with Crippen LogP contribution in [0.15, 0.2) is 249 Å². The molecule has 0 saturated heterocycles. The molecule has 7 nitrogen and oxygen atoms in total. The highest BCUT2D eigenvalue weighted by Crippen LogP contribution is 2.46. The summed E-state index contributed by atoms with van der Waals surface area (Å²) in [6.07, 6.45) is 0. The first-order valence-corrected chi connectivity index (χ1v) is 23.4. The molecule has 0 atom stereocenters. The lowest BCUT2D eigenvalue weighted by Gasteiger charge is -2.33. The first-order chi connectivity index (χ1) is 34.5. The van der Waals surface area contributed by atoms with E-state index in [1.807, 2.05) is 74.5 Å². The van der Waals surface area contributed by atoms with Crippen molar-refractivity contribution in [2.75, 3.05) is 14.7 Å². The summed E-state index contributed by atoms with van der Waals surface area (Å²) in [4.78, 5) is 31.6. The van der Waals surface area contributed by atoms with Crippen LogP contribution in [-0.4, -0.2) is 11.9 Å². The van der Waals surface area contributed by atoms with Crippen LogP contribution < -0.4 is 24.2 Å². The van der Waals surface area contributed by atoms with Gasteiger partial charge in [0, 0.05) is 45.3 Å².